The second kappa shape index (κ2) is 3.93. The van der Waals surface area contributed by atoms with E-state index in [2.05, 4.69) is 21.0 Å². The molecule has 1 saturated carbocycles. The lowest BCUT2D eigenvalue weighted by Crippen LogP contribution is -2.04. The third-order valence-electron chi connectivity index (χ3n) is 2.92. The fourth-order valence-electron chi connectivity index (χ4n) is 2.22. The Morgan fingerprint density at radius 1 is 1.57 bits per heavy atom. The molecule has 1 fully saturated rings. The highest BCUT2D eigenvalue weighted by Gasteiger charge is 2.28. The molecule has 1 heterocycles. The van der Waals surface area contributed by atoms with Crippen molar-refractivity contribution in [3.8, 4) is 5.75 Å². The van der Waals surface area contributed by atoms with E-state index in [-0.39, 0.29) is 0 Å². The van der Waals surface area contributed by atoms with Crippen molar-refractivity contribution in [1.29, 1.82) is 0 Å². The third kappa shape index (κ3) is 1.67. The van der Waals surface area contributed by atoms with E-state index < -0.39 is 0 Å². The van der Waals surface area contributed by atoms with E-state index in [1.165, 1.54) is 25.0 Å². The Balaban J connectivity index is 2.26. The van der Waals surface area contributed by atoms with Crippen LogP contribution >= 0.6 is 15.9 Å². The van der Waals surface area contributed by atoms with Crippen molar-refractivity contribution in [2.45, 2.75) is 30.0 Å². The molecule has 0 radical (unpaired) electrons. The van der Waals surface area contributed by atoms with E-state index in [0.717, 1.165) is 5.75 Å². The summed E-state index contributed by atoms with van der Waals surface area (Å²) in [5, 5.41) is 4.23. The molecule has 0 aliphatic heterocycles. The van der Waals surface area contributed by atoms with Gasteiger partial charge in [-0.15, -0.1) is 0 Å². The van der Waals surface area contributed by atoms with Gasteiger partial charge in [-0.2, -0.15) is 5.10 Å². The average Bonchev–Trinajstić information content (AvgIpc) is 2.71. The first kappa shape index (κ1) is 10.0. The molecule has 0 spiro atoms. The van der Waals surface area contributed by atoms with Crippen LogP contribution in [0.1, 0.15) is 30.9 Å². The Morgan fingerprint density at radius 3 is 2.93 bits per heavy atom. The van der Waals surface area contributed by atoms with E-state index in [0.29, 0.717) is 10.7 Å². The standard InChI is InChI=1S/C10H15BrN2O/c1-13-10(9(14-2)6-12-13)7-3-4-8(11)5-7/h6-8H,3-5H2,1-2H3. The zero-order valence-corrected chi connectivity index (χ0v) is 10.1. The van der Waals surface area contributed by atoms with Crippen molar-refractivity contribution in [3.63, 3.8) is 0 Å². The minimum absolute atomic E-state index is 0.599. The van der Waals surface area contributed by atoms with Crippen LogP contribution in [0.2, 0.25) is 0 Å². The number of aromatic nitrogens is 2. The Labute approximate surface area is 92.6 Å². The molecular formula is C10H15BrN2O. The molecule has 0 saturated heterocycles. The van der Waals surface area contributed by atoms with Gasteiger partial charge in [0.15, 0.2) is 5.75 Å². The first-order valence-corrected chi connectivity index (χ1v) is 5.84. The number of aryl methyl sites for hydroxylation is 1. The highest BCUT2D eigenvalue weighted by Crippen LogP contribution is 2.40. The number of alkyl halides is 1. The van der Waals surface area contributed by atoms with Crippen LogP contribution in [0.25, 0.3) is 0 Å². The highest BCUT2D eigenvalue weighted by molar-refractivity contribution is 9.09. The highest BCUT2D eigenvalue weighted by atomic mass is 79.9. The fourth-order valence-corrected chi connectivity index (χ4v) is 2.94. The molecule has 1 aliphatic rings. The molecule has 4 heteroatoms. The number of hydrogen-bond acceptors (Lipinski definition) is 2. The molecule has 1 aromatic heterocycles. The van der Waals surface area contributed by atoms with Crippen LogP contribution in [-0.2, 0) is 7.05 Å². The summed E-state index contributed by atoms with van der Waals surface area (Å²) >= 11 is 3.66. The van der Waals surface area contributed by atoms with Crippen LogP contribution in [0, 0.1) is 0 Å². The molecular weight excluding hydrogens is 244 g/mol. The van der Waals surface area contributed by atoms with Gasteiger partial charge in [-0.3, -0.25) is 4.68 Å². The normalized spacial score (nSPS) is 26.8. The molecule has 1 aliphatic carbocycles. The smallest absolute Gasteiger partial charge is 0.160 e. The number of ether oxygens (including phenoxy) is 1. The molecule has 2 unspecified atom stereocenters. The largest absolute Gasteiger partial charge is 0.493 e. The van der Waals surface area contributed by atoms with Gasteiger partial charge in [-0.1, -0.05) is 15.9 Å². The maximum Gasteiger partial charge on any atom is 0.160 e. The van der Waals surface area contributed by atoms with Crippen LogP contribution in [0.15, 0.2) is 6.20 Å². The quantitative estimate of drug-likeness (QED) is 0.763. The van der Waals surface area contributed by atoms with Crippen LogP contribution in [0.4, 0.5) is 0 Å². The van der Waals surface area contributed by atoms with Crippen molar-refractivity contribution in [2.24, 2.45) is 7.05 Å². The summed E-state index contributed by atoms with van der Waals surface area (Å²) in [6.45, 7) is 0. The average molecular weight is 259 g/mol. The second-order valence-corrected chi connectivity index (χ2v) is 5.12. The summed E-state index contributed by atoms with van der Waals surface area (Å²) < 4.78 is 7.25. The second-order valence-electron chi connectivity index (χ2n) is 3.83. The van der Waals surface area contributed by atoms with Gasteiger partial charge in [0.25, 0.3) is 0 Å². The molecule has 0 aromatic carbocycles. The minimum atomic E-state index is 0.599. The Kier molecular flexibility index (Phi) is 2.81. The molecule has 3 nitrogen and oxygen atoms in total. The summed E-state index contributed by atoms with van der Waals surface area (Å²) in [5.74, 6) is 1.53. The Bertz CT molecular complexity index is 324. The van der Waals surface area contributed by atoms with Gasteiger partial charge in [-0.25, -0.2) is 0 Å². The molecule has 0 bridgehead atoms. The summed E-state index contributed by atoms with van der Waals surface area (Å²) in [7, 11) is 3.69. The van der Waals surface area contributed by atoms with Crippen LogP contribution in [-0.4, -0.2) is 21.7 Å². The zero-order chi connectivity index (χ0) is 10.1. The Morgan fingerprint density at radius 2 is 2.36 bits per heavy atom. The van der Waals surface area contributed by atoms with E-state index in [9.17, 15) is 0 Å². The maximum absolute atomic E-state index is 5.32. The lowest BCUT2D eigenvalue weighted by atomic mass is 10.0. The summed E-state index contributed by atoms with van der Waals surface area (Å²) in [4.78, 5) is 0.659. The fraction of sp³-hybridized carbons (Fsp3) is 0.700. The lowest BCUT2D eigenvalue weighted by Gasteiger charge is -2.11. The van der Waals surface area contributed by atoms with Gasteiger partial charge in [0.2, 0.25) is 0 Å². The van der Waals surface area contributed by atoms with Gasteiger partial charge in [0.05, 0.1) is 19.0 Å². The topological polar surface area (TPSA) is 27.1 Å². The first-order chi connectivity index (χ1) is 6.72. The van der Waals surface area contributed by atoms with Crippen molar-refractivity contribution in [3.05, 3.63) is 11.9 Å². The van der Waals surface area contributed by atoms with Crippen LogP contribution in [0.3, 0.4) is 0 Å². The number of methoxy groups -OCH3 is 1. The van der Waals surface area contributed by atoms with E-state index in [4.69, 9.17) is 4.74 Å². The van der Waals surface area contributed by atoms with E-state index >= 15 is 0 Å². The first-order valence-electron chi connectivity index (χ1n) is 4.92. The number of halogens is 1. The molecule has 2 atom stereocenters. The third-order valence-corrected chi connectivity index (χ3v) is 3.76. The monoisotopic (exact) mass is 258 g/mol. The number of hydrogen-bond donors (Lipinski definition) is 0. The predicted molar refractivity (Wildman–Crippen MR) is 59.1 cm³/mol. The molecule has 14 heavy (non-hydrogen) atoms. The van der Waals surface area contributed by atoms with Crippen molar-refractivity contribution >= 4 is 15.9 Å². The molecule has 2 rings (SSSR count). The van der Waals surface area contributed by atoms with Crippen LogP contribution < -0.4 is 4.74 Å². The lowest BCUT2D eigenvalue weighted by molar-refractivity contribution is 0.403. The molecule has 0 amide bonds. The predicted octanol–water partition coefficient (Wildman–Crippen LogP) is 2.46. The van der Waals surface area contributed by atoms with Gasteiger partial charge >= 0.3 is 0 Å². The summed E-state index contributed by atoms with van der Waals surface area (Å²) in [6, 6.07) is 0. The van der Waals surface area contributed by atoms with Crippen molar-refractivity contribution in [2.75, 3.05) is 7.11 Å². The van der Waals surface area contributed by atoms with Crippen molar-refractivity contribution in [1.82, 2.24) is 9.78 Å². The van der Waals surface area contributed by atoms with Gasteiger partial charge in [0.1, 0.15) is 0 Å². The van der Waals surface area contributed by atoms with Gasteiger partial charge in [-0.05, 0) is 19.3 Å². The molecule has 1 aromatic rings. The minimum Gasteiger partial charge on any atom is -0.493 e. The van der Waals surface area contributed by atoms with E-state index in [1.807, 2.05) is 11.7 Å². The molecule has 0 N–H and O–H groups in total. The van der Waals surface area contributed by atoms with Gasteiger partial charge in [0, 0.05) is 17.8 Å². The van der Waals surface area contributed by atoms with Gasteiger partial charge < -0.3 is 4.74 Å². The molecule has 78 valence electrons. The maximum atomic E-state index is 5.32. The van der Waals surface area contributed by atoms with Crippen molar-refractivity contribution < 1.29 is 4.74 Å². The summed E-state index contributed by atoms with van der Waals surface area (Å²) in [6.07, 6.45) is 5.47. The Hall–Kier alpha value is -0.510. The SMILES string of the molecule is COc1cnn(C)c1C1CCC(Br)C1. The van der Waals surface area contributed by atoms with E-state index in [1.54, 1.807) is 13.3 Å². The van der Waals surface area contributed by atoms with Crippen LogP contribution in [0.5, 0.6) is 5.75 Å². The number of nitrogens with zero attached hydrogens (tertiary/aromatic N) is 2. The zero-order valence-electron chi connectivity index (χ0n) is 8.53. The summed E-state index contributed by atoms with van der Waals surface area (Å²) in [5.41, 5.74) is 1.24. The number of rotatable bonds is 2.